The van der Waals surface area contributed by atoms with Gasteiger partial charge >= 0.3 is 0 Å². The molecule has 1 aliphatic heterocycles. The molecule has 0 radical (unpaired) electrons. The molecule has 14 heavy (non-hydrogen) atoms. The molecule has 0 bridgehead atoms. The molecule has 0 aromatic carbocycles. The van der Waals surface area contributed by atoms with Gasteiger partial charge in [0, 0.05) is 6.54 Å². The Balaban J connectivity index is 1.62. The van der Waals surface area contributed by atoms with Crippen molar-refractivity contribution >= 4 is 0 Å². The van der Waals surface area contributed by atoms with E-state index in [-0.39, 0.29) is 6.10 Å². The van der Waals surface area contributed by atoms with E-state index in [1.165, 1.54) is 0 Å². The Morgan fingerprint density at radius 3 is 3.14 bits per heavy atom. The lowest BCUT2D eigenvalue weighted by molar-refractivity contribution is -0.0865. The van der Waals surface area contributed by atoms with Gasteiger partial charge in [-0.25, -0.2) is 0 Å². The van der Waals surface area contributed by atoms with Gasteiger partial charge in [0.15, 0.2) is 0 Å². The third-order valence-corrected chi connectivity index (χ3v) is 2.14. The van der Waals surface area contributed by atoms with Crippen LogP contribution >= 0.6 is 0 Å². The highest BCUT2D eigenvalue weighted by atomic mass is 16.6. The van der Waals surface area contributed by atoms with E-state index in [2.05, 4.69) is 5.32 Å². The van der Waals surface area contributed by atoms with E-state index in [1.54, 1.807) is 6.26 Å². The predicted molar refractivity (Wildman–Crippen MR) is 51.0 cm³/mol. The second-order valence-corrected chi connectivity index (χ2v) is 3.28. The molecule has 1 unspecified atom stereocenters. The van der Waals surface area contributed by atoms with Crippen LogP contribution in [0.25, 0.3) is 0 Å². The zero-order valence-corrected chi connectivity index (χ0v) is 8.07. The first kappa shape index (κ1) is 9.71. The highest BCUT2D eigenvalue weighted by Gasteiger charge is 2.13. The largest absolute Gasteiger partial charge is 0.468 e. The number of hydrogen-bond donors (Lipinski definition) is 1. The van der Waals surface area contributed by atoms with E-state index < -0.39 is 0 Å². The molecule has 4 heteroatoms. The molecule has 0 saturated carbocycles. The van der Waals surface area contributed by atoms with Crippen LogP contribution in [-0.4, -0.2) is 32.5 Å². The fraction of sp³-hybridized carbons (Fsp3) is 0.600. The number of furan rings is 1. The summed E-state index contributed by atoms with van der Waals surface area (Å²) in [6, 6.07) is 3.84. The minimum atomic E-state index is 0.179. The van der Waals surface area contributed by atoms with Crippen molar-refractivity contribution in [2.75, 3.05) is 26.4 Å². The summed E-state index contributed by atoms with van der Waals surface area (Å²) in [5, 5.41) is 3.26. The maximum Gasteiger partial charge on any atom is 0.117 e. The zero-order chi connectivity index (χ0) is 9.64. The predicted octanol–water partition coefficient (Wildman–Crippen LogP) is 0.785. The second-order valence-electron chi connectivity index (χ2n) is 3.28. The van der Waals surface area contributed by atoms with Crippen molar-refractivity contribution in [2.45, 2.75) is 12.6 Å². The fourth-order valence-electron chi connectivity index (χ4n) is 1.42. The summed E-state index contributed by atoms with van der Waals surface area (Å²) in [6.07, 6.45) is 1.86. The van der Waals surface area contributed by atoms with E-state index in [0.29, 0.717) is 19.8 Å². The van der Waals surface area contributed by atoms with Crippen LogP contribution in [0.2, 0.25) is 0 Å². The van der Waals surface area contributed by atoms with Gasteiger partial charge in [-0.1, -0.05) is 0 Å². The van der Waals surface area contributed by atoms with Gasteiger partial charge in [0.2, 0.25) is 0 Å². The molecule has 0 amide bonds. The van der Waals surface area contributed by atoms with Crippen molar-refractivity contribution in [1.82, 2.24) is 5.32 Å². The van der Waals surface area contributed by atoms with Crippen LogP contribution in [0.1, 0.15) is 5.76 Å². The lowest BCUT2D eigenvalue weighted by Gasteiger charge is -2.22. The molecule has 1 atom stereocenters. The average Bonchev–Trinajstić information content (AvgIpc) is 2.72. The highest BCUT2D eigenvalue weighted by Crippen LogP contribution is 2.01. The Kier molecular flexibility index (Phi) is 3.57. The van der Waals surface area contributed by atoms with Gasteiger partial charge in [-0.05, 0) is 12.1 Å². The minimum Gasteiger partial charge on any atom is -0.468 e. The van der Waals surface area contributed by atoms with Crippen molar-refractivity contribution in [2.24, 2.45) is 0 Å². The summed E-state index contributed by atoms with van der Waals surface area (Å²) in [5.74, 6) is 0.946. The van der Waals surface area contributed by atoms with Gasteiger partial charge < -0.3 is 19.2 Å². The molecule has 1 aromatic rings. The van der Waals surface area contributed by atoms with E-state index in [9.17, 15) is 0 Å². The van der Waals surface area contributed by atoms with Gasteiger partial charge in [-0.3, -0.25) is 0 Å². The maximum atomic E-state index is 5.48. The third-order valence-electron chi connectivity index (χ3n) is 2.14. The lowest BCUT2D eigenvalue weighted by Crippen LogP contribution is -2.37. The summed E-state index contributed by atoms with van der Waals surface area (Å²) >= 11 is 0. The summed E-state index contributed by atoms with van der Waals surface area (Å²) in [7, 11) is 0. The Bertz CT molecular complexity index is 242. The fourth-order valence-corrected chi connectivity index (χ4v) is 1.42. The third kappa shape index (κ3) is 2.83. The number of hydrogen-bond acceptors (Lipinski definition) is 4. The number of ether oxygens (including phenoxy) is 2. The van der Waals surface area contributed by atoms with Crippen LogP contribution in [0.5, 0.6) is 0 Å². The van der Waals surface area contributed by atoms with Crippen LogP contribution in [0.4, 0.5) is 0 Å². The Hall–Kier alpha value is -0.840. The van der Waals surface area contributed by atoms with E-state index in [4.69, 9.17) is 13.9 Å². The standard InChI is InChI=1S/C10H15NO3/c1-2-9(13-3-1)6-11-7-10-8-12-4-5-14-10/h1-3,10-11H,4-8H2. The first-order valence-electron chi connectivity index (χ1n) is 4.87. The summed E-state index contributed by atoms with van der Waals surface area (Å²) in [6.45, 7) is 3.65. The SMILES string of the molecule is c1coc(CNCC2COCCO2)c1. The molecule has 1 aromatic heterocycles. The first-order chi connectivity index (χ1) is 6.95. The average molecular weight is 197 g/mol. The molecule has 4 nitrogen and oxygen atoms in total. The molecular weight excluding hydrogens is 182 g/mol. The van der Waals surface area contributed by atoms with Gasteiger partial charge in [0.25, 0.3) is 0 Å². The highest BCUT2D eigenvalue weighted by molar-refractivity contribution is 4.97. The topological polar surface area (TPSA) is 43.6 Å². The molecule has 1 saturated heterocycles. The van der Waals surface area contributed by atoms with Crippen LogP contribution in [0, 0.1) is 0 Å². The Morgan fingerprint density at radius 2 is 2.43 bits per heavy atom. The van der Waals surface area contributed by atoms with Crippen molar-refractivity contribution in [3.63, 3.8) is 0 Å². The Morgan fingerprint density at radius 1 is 1.43 bits per heavy atom. The molecule has 2 rings (SSSR count). The lowest BCUT2D eigenvalue weighted by atomic mass is 10.3. The first-order valence-corrected chi connectivity index (χ1v) is 4.87. The molecule has 2 heterocycles. The summed E-state index contributed by atoms with van der Waals surface area (Å²) < 4.78 is 15.9. The monoisotopic (exact) mass is 197 g/mol. The molecular formula is C10H15NO3. The Labute approximate surface area is 83.2 Å². The van der Waals surface area contributed by atoms with Gasteiger partial charge in [-0.2, -0.15) is 0 Å². The smallest absolute Gasteiger partial charge is 0.117 e. The number of nitrogens with one attached hydrogen (secondary N) is 1. The van der Waals surface area contributed by atoms with E-state index >= 15 is 0 Å². The molecule has 0 aliphatic carbocycles. The van der Waals surface area contributed by atoms with Crippen molar-refractivity contribution < 1.29 is 13.9 Å². The van der Waals surface area contributed by atoms with Crippen LogP contribution in [0.15, 0.2) is 22.8 Å². The molecule has 78 valence electrons. The van der Waals surface area contributed by atoms with Crippen molar-refractivity contribution in [1.29, 1.82) is 0 Å². The van der Waals surface area contributed by atoms with Crippen LogP contribution < -0.4 is 5.32 Å². The van der Waals surface area contributed by atoms with Crippen molar-refractivity contribution in [3.8, 4) is 0 Å². The summed E-state index contributed by atoms with van der Waals surface area (Å²) in [4.78, 5) is 0. The van der Waals surface area contributed by atoms with Gasteiger partial charge in [0.1, 0.15) is 5.76 Å². The molecule has 0 spiro atoms. The summed E-state index contributed by atoms with van der Waals surface area (Å²) in [5.41, 5.74) is 0. The van der Waals surface area contributed by atoms with E-state index in [0.717, 1.165) is 18.8 Å². The maximum absolute atomic E-state index is 5.48. The molecule has 1 N–H and O–H groups in total. The zero-order valence-electron chi connectivity index (χ0n) is 8.07. The normalized spacial score (nSPS) is 22.4. The number of rotatable bonds is 4. The molecule has 1 fully saturated rings. The van der Waals surface area contributed by atoms with E-state index in [1.807, 2.05) is 12.1 Å². The van der Waals surface area contributed by atoms with Gasteiger partial charge in [0.05, 0.1) is 38.7 Å². The molecule has 1 aliphatic rings. The van der Waals surface area contributed by atoms with Crippen LogP contribution in [0.3, 0.4) is 0 Å². The van der Waals surface area contributed by atoms with Crippen molar-refractivity contribution in [3.05, 3.63) is 24.2 Å². The minimum absolute atomic E-state index is 0.179. The second kappa shape index (κ2) is 5.14. The van der Waals surface area contributed by atoms with Gasteiger partial charge in [-0.15, -0.1) is 0 Å². The quantitative estimate of drug-likeness (QED) is 0.774. The van der Waals surface area contributed by atoms with Crippen LogP contribution in [-0.2, 0) is 16.0 Å².